The number of benzene rings is 4. The molecule has 0 saturated heterocycles. The van der Waals surface area contributed by atoms with Gasteiger partial charge < -0.3 is 0 Å². The number of aliphatic imine (C=N–C) groups is 1. The summed E-state index contributed by atoms with van der Waals surface area (Å²) in [7, 11) is 0. The van der Waals surface area contributed by atoms with Crippen molar-refractivity contribution >= 4 is 11.9 Å². The summed E-state index contributed by atoms with van der Waals surface area (Å²) >= 11 is 0. The van der Waals surface area contributed by atoms with Crippen molar-refractivity contribution in [3.8, 4) is 16.9 Å². The molecule has 0 amide bonds. The third-order valence-electron chi connectivity index (χ3n) is 6.48. The van der Waals surface area contributed by atoms with Crippen LogP contribution in [0.2, 0.25) is 0 Å². The van der Waals surface area contributed by atoms with Crippen LogP contribution in [0.3, 0.4) is 0 Å². The van der Waals surface area contributed by atoms with Crippen molar-refractivity contribution in [2.24, 2.45) is 4.99 Å². The number of rotatable bonds is 9. The third kappa shape index (κ3) is 5.37. The van der Waals surface area contributed by atoms with Gasteiger partial charge in [0.15, 0.2) is 0 Å². The first-order valence-corrected chi connectivity index (χ1v) is 12.4. The van der Waals surface area contributed by atoms with E-state index < -0.39 is 4.92 Å². The van der Waals surface area contributed by atoms with E-state index in [0.717, 1.165) is 12.0 Å². The lowest BCUT2D eigenvalue weighted by atomic mass is 9.89. The summed E-state index contributed by atoms with van der Waals surface area (Å²) in [5.74, 6) is 0.186. The Kier molecular flexibility index (Phi) is 7.36. The van der Waals surface area contributed by atoms with Crippen LogP contribution < -0.4 is 5.56 Å². The summed E-state index contributed by atoms with van der Waals surface area (Å²) < 4.78 is 1.39. The summed E-state index contributed by atoms with van der Waals surface area (Å²) in [6.45, 7) is 0.533. The molecule has 0 unspecified atom stereocenters. The molecule has 1 aromatic heterocycles. The fourth-order valence-corrected chi connectivity index (χ4v) is 4.56. The van der Waals surface area contributed by atoms with Crippen molar-refractivity contribution < 1.29 is 4.92 Å². The summed E-state index contributed by atoms with van der Waals surface area (Å²) in [5.41, 5.74) is 4.56. The minimum atomic E-state index is -0.465. The van der Waals surface area contributed by atoms with E-state index in [1.54, 1.807) is 18.3 Å². The van der Waals surface area contributed by atoms with Crippen LogP contribution in [0, 0.1) is 10.1 Å². The average Bonchev–Trinajstić information content (AvgIpc) is 3.30. The number of nitro benzene ring substituents is 1. The van der Waals surface area contributed by atoms with Crippen LogP contribution in [0.5, 0.6) is 0 Å². The van der Waals surface area contributed by atoms with E-state index in [1.807, 2.05) is 66.7 Å². The second-order valence-electron chi connectivity index (χ2n) is 8.88. The van der Waals surface area contributed by atoms with Gasteiger partial charge in [-0.05, 0) is 29.7 Å². The summed E-state index contributed by atoms with van der Waals surface area (Å²) in [5, 5.41) is 14.2. The molecular weight excluding hydrogens is 476 g/mol. The minimum absolute atomic E-state index is 0.0372. The van der Waals surface area contributed by atoms with Crippen LogP contribution in [0.1, 0.15) is 29.0 Å². The van der Waals surface area contributed by atoms with E-state index in [1.165, 1.54) is 27.9 Å². The second-order valence-corrected chi connectivity index (χ2v) is 8.88. The zero-order valence-corrected chi connectivity index (χ0v) is 20.6. The van der Waals surface area contributed by atoms with E-state index in [9.17, 15) is 14.9 Å². The second kappa shape index (κ2) is 11.3. The van der Waals surface area contributed by atoms with Crippen LogP contribution in [0.15, 0.2) is 125 Å². The fraction of sp³-hybridized carbons (Fsp3) is 0.0968. The molecule has 0 bridgehead atoms. The predicted molar refractivity (Wildman–Crippen MR) is 150 cm³/mol. The molecule has 1 heterocycles. The number of H-pyrrole nitrogens is 1. The van der Waals surface area contributed by atoms with Crippen molar-refractivity contribution in [3.05, 3.63) is 152 Å². The SMILES string of the molecule is O=c1c(C=NCCC(c2ccccc2)c2ccccc2)c(-c2ccccc2)[nH]n1-c1ccc([N+](=O)[O-])cc1. The van der Waals surface area contributed by atoms with Gasteiger partial charge in [0.1, 0.15) is 0 Å². The Balaban J connectivity index is 1.45. The van der Waals surface area contributed by atoms with Gasteiger partial charge in [-0.25, -0.2) is 4.68 Å². The van der Waals surface area contributed by atoms with Gasteiger partial charge in [-0.1, -0.05) is 91.0 Å². The van der Waals surface area contributed by atoms with Gasteiger partial charge in [0.05, 0.1) is 21.9 Å². The highest BCUT2D eigenvalue weighted by Crippen LogP contribution is 2.28. The summed E-state index contributed by atoms with van der Waals surface area (Å²) in [4.78, 5) is 28.7. The van der Waals surface area contributed by atoms with Crippen molar-refractivity contribution in [3.63, 3.8) is 0 Å². The van der Waals surface area contributed by atoms with Crippen molar-refractivity contribution in [2.75, 3.05) is 6.54 Å². The normalized spacial score (nSPS) is 11.3. The minimum Gasteiger partial charge on any atom is -0.292 e. The molecule has 0 fully saturated rings. The zero-order chi connectivity index (χ0) is 26.3. The number of aromatic amines is 1. The van der Waals surface area contributed by atoms with E-state index in [2.05, 4.69) is 34.4 Å². The fourth-order valence-electron chi connectivity index (χ4n) is 4.56. The van der Waals surface area contributed by atoms with Gasteiger partial charge in [0.2, 0.25) is 0 Å². The van der Waals surface area contributed by atoms with E-state index in [0.29, 0.717) is 23.5 Å². The first-order valence-electron chi connectivity index (χ1n) is 12.4. The lowest BCUT2D eigenvalue weighted by molar-refractivity contribution is -0.384. The first kappa shape index (κ1) is 24.6. The quantitative estimate of drug-likeness (QED) is 0.144. The summed E-state index contributed by atoms with van der Waals surface area (Å²) in [6.07, 6.45) is 2.42. The van der Waals surface area contributed by atoms with Gasteiger partial charge in [-0.15, -0.1) is 0 Å². The smallest absolute Gasteiger partial charge is 0.280 e. The van der Waals surface area contributed by atoms with Gasteiger partial charge in [-0.2, -0.15) is 0 Å². The van der Waals surface area contributed by atoms with Crippen LogP contribution >= 0.6 is 0 Å². The van der Waals surface area contributed by atoms with Gasteiger partial charge in [-0.3, -0.25) is 25.0 Å². The molecule has 4 aromatic carbocycles. The third-order valence-corrected chi connectivity index (χ3v) is 6.48. The number of aromatic nitrogens is 2. The highest BCUT2D eigenvalue weighted by Gasteiger charge is 2.17. The number of nitrogens with zero attached hydrogens (tertiary/aromatic N) is 3. The zero-order valence-electron chi connectivity index (χ0n) is 20.6. The van der Waals surface area contributed by atoms with E-state index in [4.69, 9.17) is 0 Å². The standard InChI is InChI=1S/C31H26N4O3/c36-31-29(22-32-21-20-28(23-10-4-1-5-11-23)24-12-6-2-7-13-24)30(25-14-8-3-9-15-25)33-34(31)26-16-18-27(19-17-26)35(37)38/h1-19,22,28,33H,20-21H2. The monoisotopic (exact) mass is 502 g/mol. The van der Waals surface area contributed by atoms with Crippen LogP contribution in [-0.2, 0) is 0 Å². The molecule has 7 nitrogen and oxygen atoms in total. The Morgan fingerprint density at radius 2 is 1.37 bits per heavy atom. The Hall–Kier alpha value is -5.04. The molecule has 1 N–H and O–H groups in total. The van der Waals surface area contributed by atoms with Gasteiger partial charge in [0, 0.05) is 36.4 Å². The first-order chi connectivity index (χ1) is 18.6. The molecule has 0 aliphatic carbocycles. The maximum atomic E-state index is 13.5. The number of nitro groups is 1. The molecule has 0 spiro atoms. The number of hydrogen-bond acceptors (Lipinski definition) is 4. The molecule has 5 aromatic rings. The van der Waals surface area contributed by atoms with Gasteiger partial charge in [0.25, 0.3) is 11.2 Å². The maximum absolute atomic E-state index is 13.5. The summed E-state index contributed by atoms with van der Waals surface area (Å²) in [6, 6.07) is 36.1. The molecule has 188 valence electrons. The van der Waals surface area contributed by atoms with E-state index >= 15 is 0 Å². The lowest BCUT2D eigenvalue weighted by Gasteiger charge is -2.17. The predicted octanol–water partition coefficient (Wildman–Crippen LogP) is 6.38. The molecule has 0 radical (unpaired) electrons. The highest BCUT2D eigenvalue weighted by molar-refractivity contribution is 5.88. The molecule has 0 aliphatic heterocycles. The highest BCUT2D eigenvalue weighted by atomic mass is 16.6. The van der Waals surface area contributed by atoms with Crippen LogP contribution in [-0.4, -0.2) is 27.5 Å². The Bertz CT molecular complexity index is 1550. The Morgan fingerprint density at radius 1 is 0.816 bits per heavy atom. The van der Waals surface area contributed by atoms with Crippen molar-refractivity contribution in [1.82, 2.24) is 9.78 Å². The van der Waals surface area contributed by atoms with Crippen LogP contribution in [0.4, 0.5) is 5.69 Å². The molecule has 5 rings (SSSR count). The van der Waals surface area contributed by atoms with Crippen LogP contribution in [0.25, 0.3) is 16.9 Å². The number of non-ortho nitro benzene ring substituents is 1. The molecular formula is C31H26N4O3. The Morgan fingerprint density at radius 3 is 1.92 bits per heavy atom. The molecule has 38 heavy (non-hydrogen) atoms. The van der Waals surface area contributed by atoms with Crippen molar-refractivity contribution in [2.45, 2.75) is 12.3 Å². The molecule has 0 saturated carbocycles. The van der Waals surface area contributed by atoms with Gasteiger partial charge >= 0.3 is 0 Å². The molecule has 0 atom stereocenters. The van der Waals surface area contributed by atoms with E-state index in [-0.39, 0.29) is 17.2 Å². The number of hydrogen-bond donors (Lipinski definition) is 1. The topological polar surface area (TPSA) is 93.3 Å². The Labute approximate surface area is 219 Å². The largest absolute Gasteiger partial charge is 0.292 e. The molecule has 0 aliphatic rings. The number of nitrogens with one attached hydrogen (secondary N) is 1. The molecule has 7 heteroatoms. The lowest BCUT2D eigenvalue weighted by Crippen LogP contribution is -2.17. The van der Waals surface area contributed by atoms with Crippen molar-refractivity contribution in [1.29, 1.82) is 0 Å². The average molecular weight is 503 g/mol. The maximum Gasteiger partial charge on any atom is 0.280 e.